The summed E-state index contributed by atoms with van der Waals surface area (Å²) in [4.78, 5) is 4.83. The molecule has 4 rings (SSSR count). The number of imidazole rings is 1. The Morgan fingerprint density at radius 2 is 1.59 bits per heavy atom. The second-order valence-electron chi connectivity index (χ2n) is 8.79. The number of benzene rings is 3. The number of fused-ring (bicyclic) bond motifs is 1. The average molecular weight is 429 g/mol. The summed E-state index contributed by atoms with van der Waals surface area (Å²) in [6, 6.07) is 22.3. The zero-order chi connectivity index (χ0) is 22.7. The van der Waals surface area contributed by atoms with Crippen LogP contribution in [-0.2, 0) is 6.54 Å². The van der Waals surface area contributed by atoms with Crippen LogP contribution in [0.4, 0.5) is 0 Å². The molecule has 0 spiro atoms. The predicted molar refractivity (Wildman–Crippen MR) is 130 cm³/mol. The zero-order valence-electron chi connectivity index (χ0n) is 19.4. The van der Waals surface area contributed by atoms with Crippen molar-refractivity contribution in [1.82, 2.24) is 9.55 Å². The number of nitrogens with zero attached hydrogens (tertiary/aromatic N) is 2. The fourth-order valence-electron chi connectivity index (χ4n) is 3.99. The summed E-state index contributed by atoms with van der Waals surface area (Å²) >= 11 is 0. The van der Waals surface area contributed by atoms with Gasteiger partial charge in [-0.1, -0.05) is 56.3 Å². The first-order valence-electron chi connectivity index (χ1n) is 11.4. The summed E-state index contributed by atoms with van der Waals surface area (Å²) in [5, 5.41) is 11.1. The molecule has 0 bridgehead atoms. The van der Waals surface area contributed by atoms with E-state index in [0.29, 0.717) is 18.3 Å². The van der Waals surface area contributed by atoms with Crippen molar-refractivity contribution < 1.29 is 9.84 Å². The lowest BCUT2D eigenvalue weighted by molar-refractivity contribution is 0.203. The molecule has 166 valence electrons. The third kappa shape index (κ3) is 4.71. The fraction of sp³-hybridized carbons (Fsp3) is 0.321. The van der Waals surface area contributed by atoms with E-state index in [4.69, 9.17) is 9.72 Å². The molecule has 0 fully saturated rings. The normalized spacial score (nSPS) is 12.4. The van der Waals surface area contributed by atoms with Crippen LogP contribution < -0.4 is 4.74 Å². The van der Waals surface area contributed by atoms with Gasteiger partial charge in [-0.25, -0.2) is 4.98 Å². The Hall–Kier alpha value is -3.11. The van der Waals surface area contributed by atoms with Crippen molar-refractivity contribution in [3.63, 3.8) is 0 Å². The van der Waals surface area contributed by atoms with Crippen LogP contribution >= 0.6 is 0 Å². The third-order valence-electron chi connectivity index (χ3n) is 6.09. The molecule has 0 saturated carbocycles. The van der Waals surface area contributed by atoms with Crippen LogP contribution in [0.5, 0.6) is 5.75 Å². The minimum atomic E-state index is -0.770. The van der Waals surface area contributed by atoms with Crippen molar-refractivity contribution in [1.29, 1.82) is 0 Å². The van der Waals surface area contributed by atoms with Gasteiger partial charge in [0.1, 0.15) is 17.7 Å². The van der Waals surface area contributed by atoms with Gasteiger partial charge in [-0.05, 0) is 72.7 Å². The Bertz CT molecular complexity index is 1180. The number of hydrogen-bond donors (Lipinski definition) is 1. The molecule has 0 aliphatic heterocycles. The highest BCUT2D eigenvalue weighted by atomic mass is 16.5. The maximum Gasteiger partial charge on any atom is 0.143 e. The number of aliphatic hydroxyl groups excluding tert-OH is 1. The van der Waals surface area contributed by atoms with Crippen molar-refractivity contribution in [3.8, 4) is 5.75 Å². The molecular weight excluding hydrogens is 396 g/mol. The molecular formula is C28H32N2O2. The first-order valence-corrected chi connectivity index (χ1v) is 11.4. The van der Waals surface area contributed by atoms with Crippen molar-refractivity contribution in [3.05, 3.63) is 94.8 Å². The minimum Gasteiger partial charge on any atom is -0.494 e. The molecule has 0 amide bonds. The van der Waals surface area contributed by atoms with Gasteiger partial charge in [0.2, 0.25) is 0 Å². The van der Waals surface area contributed by atoms with Gasteiger partial charge in [-0.15, -0.1) is 0 Å². The highest BCUT2D eigenvalue weighted by Crippen LogP contribution is 2.28. The van der Waals surface area contributed by atoms with Crippen LogP contribution in [0.25, 0.3) is 11.0 Å². The second-order valence-corrected chi connectivity index (χ2v) is 8.79. The molecule has 4 heteroatoms. The number of aromatic nitrogens is 2. The van der Waals surface area contributed by atoms with E-state index in [-0.39, 0.29) is 0 Å². The summed E-state index contributed by atoms with van der Waals surface area (Å²) in [5.74, 6) is 2.08. The monoisotopic (exact) mass is 428 g/mol. The number of rotatable bonds is 8. The summed E-state index contributed by atoms with van der Waals surface area (Å²) in [6.45, 7) is 9.92. The molecule has 1 aromatic heterocycles. The lowest BCUT2D eigenvalue weighted by Crippen LogP contribution is -2.12. The van der Waals surface area contributed by atoms with Gasteiger partial charge in [0.05, 0.1) is 17.6 Å². The Labute approximate surface area is 190 Å². The largest absolute Gasteiger partial charge is 0.494 e. The van der Waals surface area contributed by atoms with Gasteiger partial charge in [-0.2, -0.15) is 0 Å². The summed E-state index contributed by atoms with van der Waals surface area (Å²) in [5.41, 5.74) is 6.56. The van der Waals surface area contributed by atoms with Crippen LogP contribution in [0.15, 0.2) is 66.7 Å². The van der Waals surface area contributed by atoms with Crippen molar-refractivity contribution in [2.45, 2.75) is 52.7 Å². The molecule has 1 atom stereocenters. The molecule has 1 unspecified atom stereocenters. The Balaban J connectivity index is 1.54. The van der Waals surface area contributed by atoms with E-state index in [1.54, 1.807) is 0 Å². The van der Waals surface area contributed by atoms with E-state index < -0.39 is 6.10 Å². The first kappa shape index (κ1) is 22.1. The quantitative estimate of drug-likeness (QED) is 0.334. The third-order valence-corrected chi connectivity index (χ3v) is 6.09. The summed E-state index contributed by atoms with van der Waals surface area (Å²) < 4.78 is 8.13. The van der Waals surface area contributed by atoms with E-state index in [1.165, 1.54) is 16.7 Å². The maximum absolute atomic E-state index is 11.1. The van der Waals surface area contributed by atoms with E-state index in [0.717, 1.165) is 35.3 Å². The highest BCUT2D eigenvalue weighted by molar-refractivity contribution is 5.78. The van der Waals surface area contributed by atoms with E-state index >= 15 is 0 Å². The van der Waals surface area contributed by atoms with Crippen LogP contribution in [-0.4, -0.2) is 21.3 Å². The molecule has 4 aromatic rings. The lowest BCUT2D eigenvalue weighted by atomic mass is 10.0. The number of ether oxygens (including phenoxy) is 1. The van der Waals surface area contributed by atoms with E-state index in [2.05, 4.69) is 56.5 Å². The lowest BCUT2D eigenvalue weighted by Gasteiger charge is -2.15. The first-order chi connectivity index (χ1) is 15.4. The number of hydrogen-bond acceptors (Lipinski definition) is 3. The summed E-state index contributed by atoms with van der Waals surface area (Å²) in [7, 11) is 0. The highest BCUT2D eigenvalue weighted by Gasteiger charge is 2.20. The molecule has 1 heterocycles. The van der Waals surface area contributed by atoms with E-state index in [9.17, 15) is 5.11 Å². The number of aliphatic hydroxyl groups is 1. The molecule has 0 saturated heterocycles. The molecule has 0 aliphatic carbocycles. The van der Waals surface area contributed by atoms with Crippen molar-refractivity contribution >= 4 is 11.0 Å². The maximum atomic E-state index is 11.1. The molecule has 32 heavy (non-hydrogen) atoms. The Morgan fingerprint density at radius 3 is 2.28 bits per heavy atom. The predicted octanol–water partition coefficient (Wildman–Crippen LogP) is 6.33. The SMILES string of the molecule is Cc1cc2nc(C(O)c3ccccc3)n(CCCOc3ccc(C(C)C)cc3)c2cc1C. The van der Waals surface area contributed by atoms with Crippen LogP contribution in [0.1, 0.15) is 60.4 Å². The molecule has 4 nitrogen and oxygen atoms in total. The minimum absolute atomic E-state index is 0.514. The molecule has 3 aromatic carbocycles. The van der Waals surface area contributed by atoms with Crippen molar-refractivity contribution in [2.75, 3.05) is 6.61 Å². The Kier molecular flexibility index (Phi) is 6.61. The topological polar surface area (TPSA) is 47.3 Å². The van der Waals surface area contributed by atoms with E-state index in [1.807, 2.05) is 42.5 Å². The van der Waals surface area contributed by atoms with Gasteiger partial charge in [0, 0.05) is 6.54 Å². The van der Waals surface area contributed by atoms with Crippen LogP contribution in [0, 0.1) is 13.8 Å². The standard InChI is InChI=1S/C28H32N2O2/c1-19(2)22-11-13-24(14-12-22)32-16-8-15-30-26-18-21(4)20(3)17-25(26)29-28(30)27(31)23-9-6-5-7-10-23/h5-7,9-14,17-19,27,31H,8,15-16H2,1-4H3. The average Bonchev–Trinajstić information content (AvgIpc) is 3.14. The van der Waals surface area contributed by atoms with Crippen molar-refractivity contribution in [2.24, 2.45) is 0 Å². The van der Waals surface area contributed by atoms with Gasteiger partial charge < -0.3 is 14.4 Å². The smallest absolute Gasteiger partial charge is 0.143 e. The molecule has 0 radical (unpaired) electrons. The fourth-order valence-corrected chi connectivity index (χ4v) is 3.99. The van der Waals surface area contributed by atoms with Crippen LogP contribution in [0.2, 0.25) is 0 Å². The van der Waals surface area contributed by atoms with Gasteiger partial charge >= 0.3 is 0 Å². The molecule has 1 N–H and O–H groups in total. The van der Waals surface area contributed by atoms with Gasteiger partial charge in [0.15, 0.2) is 0 Å². The molecule has 0 aliphatic rings. The van der Waals surface area contributed by atoms with Gasteiger partial charge in [-0.3, -0.25) is 0 Å². The van der Waals surface area contributed by atoms with Gasteiger partial charge in [0.25, 0.3) is 0 Å². The Morgan fingerprint density at radius 1 is 0.906 bits per heavy atom. The second kappa shape index (κ2) is 9.58. The van der Waals surface area contributed by atoms with Crippen LogP contribution in [0.3, 0.4) is 0 Å². The number of aryl methyl sites for hydroxylation is 3. The zero-order valence-corrected chi connectivity index (χ0v) is 19.4. The summed E-state index contributed by atoms with van der Waals surface area (Å²) in [6.07, 6.45) is 0.0486.